The molecule has 1 fully saturated rings. The normalized spacial score (nSPS) is 14.8. The number of pyridine rings is 2. The summed E-state index contributed by atoms with van der Waals surface area (Å²) in [4.78, 5) is 19.2. The Labute approximate surface area is 177 Å². The third-order valence-electron chi connectivity index (χ3n) is 5.18. The summed E-state index contributed by atoms with van der Waals surface area (Å²) in [7, 11) is 1.63. The molecule has 0 amide bonds. The Morgan fingerprint density at radius 1 is 1.17 bits per heavy atom. The van der Waals surface area contributed by atoms with E-state index in [1.165, 1.54) is 4.57 Å². The maximum atomic E-state index is 12.7. The van der Waals surface area contributed by atoms with Crippen molar-refractivity contribution < 1.29 is 4.74 Å². The molecule has 3 heterocycles. The molecule has 1 aliphatic heterocycles. The van der Waals surface area contributed by atoms with E-state index < -0.39 is 0 Å². The molecule has 3 aromatic rings. The van der Waals surface area contributed by atoms with Gasteiger partial charge in [-0.05, 0) is 24.3 Å². The molecular formula is C21H18Cl2N4O2. The predicted octanol–water partition coefficient (Wildman–Crippen LogP) is 4.16. The number of rotatable bonds is 3. The quantitative estimate of drug-likeness (QED) is 0.585. The van der Waals surface area contributed by atoms with Crippen LogP contribution in [0.3, 0.4) is 0 Å². The van der Waals surface area contributed by atoms with Gasteiger partial charge in [0.05, 0.1) is 16.2 Å². The fourth-order valence-electron chi connectivity index (χ4n) is 3.70. The molecule has 0 aliphatic carbocycles. The molecule has 0 saturated carbocycles. The van der Waals surface area contributed by atoms with Gasteiger partial charge in [0.25, 0.3) is 5.56 Å². The largest absolute Gasteiger partial charge is 0.489 e. The molecule has 0 bridgehead atoms. The highest BCUT2D eigenvalue weighted by Crippen LogP contribution is 2.32. The van der Waals surface area contributed by atoms with Crippen molar-refractivity contribution in [3.63, 3.8) is 0 Å². The van der Waals surface area contributed by atoms with Crippen LogP contribution in [0.1, 0.15) is 18.4 Å². The van der Waals surface area contributed by atoms with E-state index in [0.717, 1.165) is 12.8 Å². The third kappa shape index (κ3) is 3.64. The molecule has 0 spiro atoms. The topological polar surface area (TPSA) is 71.2 Å². The lowest BCUT2D eigenvalue weighted by molar-refractivity contribution is 0.171. The van der Waals surface area contributed by atoms with Gasteiger partial charge in [-0.3, -0.25) is 4.79 Å². The molecule has 8 heteroatoms. The number of benzene rings is 1. The smallest absolute Gasteiger partial charge is 0.270 e. The van der Waals surface area contributed by atoms with E-state index in [1.54, 1.807) is 25.2 Å². The zero-order valence-corrected chi connectivity index (χ0v) is 17.2. The van der Waals surface area contributed by atoms with E-state index in [4.69, 9.17) is 27.9 Å². The van der Waals surface area contributed by atoms with Crippen LogP contribution in [0, 0.1) is 11.3 Å². The molecule has 2 aromatic heterocycles. The van der Waals surface area contributed by atoms with Crippen LogP contribution in [0.25, 0.3) is 11.0 Å². The van der Waals surface area contributed by atoms with E-state index in [1.807, 2.05) is 23.1 Å². The molecule has 0 unspecified atom stereocenters. The van der Waals surface area contributed by atoms with Crippen molar-refractivity contribution in [2.75, 3.05) is 18.0 Å². The summed E-state index contributed by atoms with van der Waals surface area (Å²) >= 11 is 12.3. The molecule has 1 aliphatic rings. The number of para-hydroxylation sites is 1. The van der Waals surface area contributed by atoms with Gasteiger partial charge < -0.3 is 14.2 Å². The lowest BCUT2D eigenvalue weighted by Gasteiger charge is -2.34. The van der Waals surface area contributed by atoms with Crippen molar-refractivity contribution in [3.05, 3.63) is 62.5 Å². The Bertz CT molecular complexity index is 1180. The Hall–Kier alpha value is -2.75. The van der Waals surface area contributed by atoms with Gasteiger partial charge in [-0.15, -0.1) is 0 Å². The fourth-order valence-corrected chi connectivity index (χ4v) is 4.02. The molecule has 0 radical (unpaired) electrons. The van der Waals surface area contributed by atoms with E-state index in [-0.39, 0.29) is 17.2 Å². The first-order valence-corrected chi connectivity index (χ1v) is 10.0. The van der Waals surface area contributed by atoms with Crippen molar-refractivity contribution in [1.29, 1.82) is 5.26 Å². The van der Waals surface area contributed by atoms with E-state index in [2.05, 4.69) is 11.1 Å². The summed E-state index contributed by atoms with van der Waals surface area (Å²) in [6.07, 6.45) is 1.46. The first-order valence-electron chi connectivity index (χ1n) is 9.25. The van der Waals surface area contributed by atoms with Crippen LogP contribution in [0.2, 0.25) is 10.2 Å². The lowest BCUT2D eigenvalue weighted by atomic mass is 10.0. The Morgan fingerprint density at radius 2 is 1.90 bits per heavy atom. The number of aromatic nitrogens is 2. The van der Waals surface area contributed by atoms with Crippen LogP contribution >= 0.6 is 23.2 Å². The summed E-state index contributed by atoms with van der Waals surface area (Å²) in [5.41, 5.74) is 1.49. The van der Waals surface area contributed by atoms with Crippen LogP contribution in [0.5, 0.6) is 5.75 Å². The number of nitrogens with zero attached hydrogens (tertiary/aromatic N) is 4. The molecule has 0 atom stereocenters. The van der Waals surface area contributed by atoms with Gasteiger partial charge in [-0.2, -0.15) is 5.26 Å². The first kappa shape index (κ1) is 19.6. The highest BCUT2D eigenvalue weighted by molar-refractivity contribution is 6.32. The average molecular weight is 429 g/mol. The van der Waals surface area contributed by atoms with Crippen molar-refractivity contribution in [2.45, 2.75) is 18.9 Å². The minimum atomic E-state index is -0.339. The molecule has 4 rings (SSSR count). The molecular weight excluding hydrogens is 411 g/mol. The number of piperidine rings is 1. The highest BCUT2D eigenvalue weighted by Gasteiger charge is 2.27. The molecule has 29 heavy (non-hydrogen) atoms. The Kier molecular flexibility index (Phi) is 5.35. The van der Waals surface area contributed by atoms with Gasteiger partial charge in [0.2, 0.25) is 0 Å². The lowest BCUT2D eigenvalue weighted by Crippen LogP contribution is -2.40. The van der Waals surface area contributed by atoms with Crippen LogP contribution in [0.15, 0.2) is 41.2 Å². The first-order chi connectivity index (χ1) is 14.0. The zero-order valence-electron chi connectivity index (χ0n) is 15.7. The van der Waals surface area contributed by atoms with Crippen molar-refractivity contribution in [3.8, 4) is 11.8 Å². The van der Waals surface area contributed by atoms with Gasteiger partial charge >= 0.3 is 0 Å². The monoisotopic (exact) mass is 428 g/mol. The van der Waals surface area contributed by atoms with E-state index >= 15 is 0 Å². The molecule has 148 valence electrons. The molecule has 1 aromatic carbocycles. The second kappa shape index (κ2) is 7.94. The minimum Gasteiger partial charge on any atom is -0.489 e. The van der Waals surface area contributed by atoms with Gasteiger partial charge in [0, 0.05) is 33.0 Å². The number of hydrogen-bond donors (Lipinski definition) is 0. The number of nitriles is 1. The number of anilines is 1. The maximum Gasteiger partial charge on any atom is 0.270 e. The summed E-state index contributed by atoms with van der Waals surface area (Å²) < 4.78 is 7.49. The second-order valence-electron chi connectivity index (χ2n) is 6.94. The second-order valence-corrected chi connectivity index (χ2v) is 7.73. The summed E-state index contributed by atoms with van der Waals surface area (Å²) in [5.74, 6) is 0.665. The SMILES string of the molecule is Cn1c(=O)c(C#N)c(N2CCC(Oc3ccccc3Cl)CC2)c2nc(Cl)ccc21. The summed E-state index contributed by atoms with van der Waals surface area (Å²) in [5, 5.41) is 10.6. The summed E-state index contributed by atoms with van der Waals surface area (Å²) in [6, 6.07) is 12.9. The standard InChI is InChI=1S/C21H18Cl2N4O2/c1-26-16-6-7-18(23)25-19(16)20(14(12-24)21(26)28)27-10-8-13(9-11-27)29-17-5-3-2-4-15(17)22/h2-7,13H,8-11H2,1H3. The number of aryl methyl sites for hydroxylation is 1. The fraction of sp³-hybridized carbons (Fsp3) is 0.286. The van der Waals surface area contributed by atoms with Gasteiger partial charge in [0.15, 0.2) is 0 Å². The molecule has 6 nitrogen and oxygen atoms in total. The summed E-state index contributed by atoms with van der Waals surface area (Å²) in [6.45, 7) is 1.25. The van der Waals surface area contributed by atoms with Gasteiger partial charge in [-0.25, -0.2) is 4.98 Å². The third-order valence-corrected chi connectivity index (χ3v) is 5.70. The van der Waals surface area contributed by atoms with Crippen LogP contribution in [-0.4, -0.2) is 28.7 Å². The van der Waals surface area contributed by atoms with Crippen LogP contribution < -0.4 is 15.2 Å². The number of hydrogen-bond acceptors (Lipinski definition) is 5. The average Bonchev–Trinajstić information content (AvgIpc) is 2.73. The van der Waals surface area contributed by atoms with Crippen LogP contribution in [0.4, 0.5) is 5.69 Å². The number of ether oxygens (including phenoxy) is 1. The maximum absolute atomic E-state index is 12.7. The molecule has 0 N–H and O–H groups in total. The Balaban J connectivity index is 1.66. The number of fused-ring (bicyclic) bond motifs is 1. The van der Waals surface area contributed by atoms with Crippen LogP contribution in [-0.2, 0) is 7.05 Å². The predicted molar refractivity (Wildman–Crippen MR) is 114 cm³/mol. The number of halogens is 2. The van der Waals surface area contributed by atoms with Crippen molar-refractivity contribution >= 4 is 39.9 Å². The van der Waals surface area contributed by atoms with E-state index in [0.29, 0.717) is 45.7 Å². The minimum absolute atomic E-state index is 0.00559. The van der Waals surface area contributed by atoms with E-state index in [9.17, 15) is 10.1 Å². The zero-order chi connectivity index (χ0) is 20.5. The van der Waals surface area contributed by atoms with Gasteiger partial charge in [0.1, 0.15) is 34.2 Å². The van der Waals surface area contributed by atoms with Crippen molar-refractivity contribution in [1.82, 2.24) is 9.55 Å². The Morgan fingerprint density at radius 3 is 2.59 bits per heavy atom. The van der Waals surface area contributed by atoms with Gasteiger partial charge in [-0.1, -0.05) is 35.3 Å². The molecule has 1 saturated heterocycles. The van der Waals surface area contributed by atoms with Crippen molar-refractivity contribution in [2.24, 2.45) is 7.05 Å². The highest BCUT2D eigenvalue weighted by atomic mass is 35.5.